The molecule has 0 spiro atoms. The number of nitrogens with one attached hydrogen (secondary N) is 1. The van der Waals surface area contributed by atoms with Crippen LogP contribution in [0.15, 0.2) is 54.7 Å². The Morgan fingerprint density at radius 2 is 1.93 bits per heavy atom. The highest BCUT2D eigenvalue weighted by Crippen LogP contribution is 2.08. The molecule has 0 aliphatic carbocycles. The van der Waals surface area contributed by atoms with E-state index in [-0.39, 0.29) is 0 Å². The summed E-state index contributed by atoms with van der Waals surface area (Å²) in [6.45, 7) is 7.38. The molecule has 2 heterocycles. The Morgan fingerprint density at radius 1 is 1.22 bits per heavy atom. The van der Waals surface area contributed by atoms with E-state index in [9.17, 15) is 8.42 Å². The van der Waals surface area contributed by atoms with Crippen molar-refractivity contribution in [2.45, 2.75) is 13.2 Å². The van der Waals surface area contributed by atoms with E-state index in [1.165, 1.54) is 14.6 Å². The molecule has 0 unspecified atom stereocenters. The maximum Gasteiger partial charge on any atom is 0.236 e. The van der Waals surface area contributed by atoms with E-state index in [0.717, 1.165) is 5.56 Å². The van der Waals surface area contributed by atoms with E-state index < -0.39 is 10.0 Å². The number of allylic oxidation sites excluding steroid dienone is 1. The molecule has 1 aromatic heterocycles. The molecular weight excluding hydrogens is 382 g/mol. The molecule has 1 aliphatic rings. The van der Waals surface area contributed by atoms with E-state index in [2.05, 4.69) is 11.7 Å². The van der Waals surface area contributed by atoms with E-state index in [0.29, 0.717) is 44.2 Å². The highest BCUT2D eigenvalue weighted by molar-refractivity contribution is 7.92. The van der Waals surface area contributed by atoms with Crippen LogP contribution in [0.4, 0.5) is 0 Å². The third-order valence-electron chi connectivity index (χ3n) is 4.52. The summed E-state index contributed by atoms with van der Waals surface area (Å²) in [5.74, 6) is 0. The molecule has 0 saturated carbocycles. The number of piperazine rings is 1. The molecule has 9 heteroatoms. The largest absolute Gasteiger partial charge is 0.314 e. The first-order chi connectivity index (χ1) is 13.0. The Morgan fingerprint density at radius 3 is 2.59 bits per heavy atom. The lowest BCUT2D eigenvalue weighted by Crippen LogP contribution is -3.14. The standard InChI is InChI=1S/C18H23N5O2S2/c1-2-9-21-15-19-23(18(21)26)16-20-10-12-22(13-11-20)27(24,25)14-8-17-6-4-3-5-7-17/h2-8,14-15H,1,9-13,16H2/p+1/b14-8+. The highest BCUT2D eigenvalue weighted by atomic mass is 32.2. The highest BCUT2D eigenvalue weighted by Gasteiger charge is 2.27. The van der Waals surface area contributed by atoms with Crippen molar-refractivity contribution in [3.05, 3.63) is 65.1 Å². The molecule has 1 fully saturated rings. The van der Waals surface area contributed by atoms with Gasteiger partial charge in [0, 0.05) is 12.0 Å². The van der Waals surface area contributed by atoms with Crippen molar-refractivity contribution in [3.8, 4) is 0 Å². The Balaban J connectivity index is 1.57. The first-order valence-electron chi connectivity index (χ1n) is 8.79. The van der Waals surface area contributed by atoms with E-state index >= 15 is 0 Å². The van der Waals surface area contributed by atoms with Gasteiger partial charge < -0.3 is 9.47 Å². The van der Waals surface area contributed by atoms with Crippen LogP contribution in [0.25, 0.3) is 6.08 Å². The van der Waals surface area contributed by atoms with Gasteiger partial charge in [0.2, 0.25) is 14.8 Å². The van der Waals surface area contributed by atoms with Crippen LogP contribution in [0.2, 0.25) is 0 Å². The SMILES string of the molecule is C=CCn1cnn(C[NH+]2CCN(S(=O)(=O)/C=C/c3ccccc3)CC2)c1=S. The molecule has 0 atom stereocenters. The predicted molar refractivity (Wildman–Crippen MR) is 108 cm³/mol. The zero-order valence-corrected chi connectivity index (χ0v) is 16.7. The number of aromatic nitrogens is 3. The first kappa shape index (κ1) is 19.7. The summed E-state index contributed by atoms with van der Waals surface area (Å²) in [4.78, 5) is 1.26. The molecule has 1 aromatic carbocycles. The molecule has 144 valence electrons. The van der Waals surface area contributed by atoms with Crippen LogP contribution in [0.1, 0.15) is 5.56 Å². The molecular formula is C18H24N5O2S2+. The molecule has 0 radical (unpaired) electrons. The van der Waals surface area contributed by atoms with Crippen LogP contribution >= 0.6 is 12.2 Å². The van der Waals surface area contributed by atoms with Crippen molar-refractivity contribution in [1.82, 2.24) is 18.7 Å². The Labute approximate surface area is 164 Å². The molecule has 1 N–H and O–H groups in total. The zero-order valence-electron chi connectivity index (χ0n) is 15.1. The smallest absolute Gasteiger partial charge is 0.236 e. The Hall–Kier alpha value is -2.07. The molecule has 1 saturated heterocycles. The number of nitrogens with zero attached hydrogens (tertiary/aromatic N) is 4. The fourth-order valence-corrected chi connectivity index (χ4v) is 4.41. The van der Waals surface area contributed by atoms with Crippen molar-refractivity contribution in [2.75, 3.05) is 26.2 Å². The topological polar surface area (TPSA) is 64.6 Å². The number of benzene rings is 1. The van der Waals surface area contributed by atoms with Gasteiger partial charge >= 0.3 is 0 Å². The number of rotatable bonds is 7. The maximum absolute atomic E-state index is 12.5. The number of quaternary nitrogens is 1. The third-order valence-corrected chi connectivity index (χ3v) is 6.53. The quantitative estimate of drug-likeness (QED) is 0.545. The zero-order chi connectivity index (χ0) is 19.3. The van der Waals surface area contributed by atoms with Gasteiger partial charge in [0.25, 0.3) is 0 Å². The summed E-state index contributed by atoms with van der Waals surface area (Å²) in [7, 11) is -3.41. The van der Waals surface area contributed by atoms with Gasteiger partial charge in [0.15, 0.2) is 6.67 Å². The van der Waals surface area contributed by atoms with Crippen LogP contribution < -0.4 is 4.90 Å². The van der Waals surface area contributed by atoms with Crippen LogP contribution in [-0.2, 0) is 23.2 Å². The van der Waals surface area contributed by atoms with Crippen LogP contribution in [0, 0.1) is 4.77 Å². The third kappa shape index (κ3) is 5.01. The van der Waals surface area contributed by atoms with Crippen molar-refractivity contribution in [2.24, 2.45) is 0 Å². The first-order valence-corrected chi connectivity index (χ1v) is 10.7. The summed E-state index contributed by atoms with van der Waals surface area (Å²) in [6, 6.07) is 9.43. The fraction of sp³-hybridized carbons (Fsp3) is 0.333. The Bertz CT molecular complexity index is 955. The average Bonchev–Trinajstić information content (AvgIpc) is 3.02. The van der Waals surface area contributed by atoms with Gasteiger partial charge in [0.1, 0.15) is 6.33 Å². The van der Waals surface area contributed by atoms with E-state index in [1.807, 2.05) is 34.9 Å². The minimum absolute atomic E-state index is 0.484. The summed E-state index contributed by atoms with van der Waals surface area (Å²) >= 11 is 5.41. The minimum Gasteiger partial charge on any atom is -0.314 e. The van der Waals surface area contributed by atoms with Gasteiger partial charge in [-0.2, -0.15) is 14.1 Å². The molecule has 2 aromatic rings. The second-order valence-electron chi connectivity index (χ2n) is 6.42. The van der Waals surface area contributed by atoms with Crippen LogP contribution in [0.5, 0.6) is 0 Å². The van der Waals surface area contributed by atoms with E-state index in [4.69, 9.17) is 12.2 Å². The Kier molecular flexibility index (Phi) is 6.38. The van der Waals surface area contributed by atoms with Gasteiger partial charge in [-0.15, -0.1) is 6.58 Å². The summed E-state index contributed by atoms with van der Waals surface area (Å²) < 4.78 is 30.9. The maximum atomic E-state index is 12.5. The lowest BCUT2D eigenvalue weighted by Gasteiger charge is -2.30. The second-order valence-corrected chi connectivity index (χ2v) is 8.60. The van der Waals surface area contributed by atoms with Crippen molar-refractivity contribution in [3.63, 3.8) is 0 Å². The minimum atomic E-state index is -3.41. The van der Waals surface area contributed by atoms with Crippen molar-refractivity contribution in [1.29, 1.82) is 0 Å². The second kappa shape index (κ2) is 8.75. The summed E-state index contributed by atoms with van der Waals surface area (Å²) in [5.41, 5.74) is 0.870. The number of sulfonamides is 1. The average molecular weight is 407 g/mol. The van der Waals surface area contributed by atoms with E-state index in [1.54, 1.807) is 23.2 Å². The molecule has 1 aliphatic heterocycles. The lowest BCUT2D eigenvalue weighted by atomic mass is 10.2. The van der Waals surface area contributed by atoms with Gasteiger partial charge in [-0.05, 0) is 23.9 Å². The van der Waals surface area contributed by atoms with Crippen LogP contribution in [0.3, 0.4) is 0 Å². The molecule has 0 amide bonds. The lowest BCUT2D eigenvalue weighted by molar-refractivity contribution is -0.926. The van der Waals surface area contributed by atoms with Crippen molar-refractivity contribution >= 4 is 28.3 Å². The van der Waals surface area contributed by atoms with Gasteiger partial charge in [-0.25, -0.2) is 8.42 Å². The molecule has 7 nitrogen and oxygen atoms in total. The summed E-state index contributed by atoms with van der Waals surface area (Å²) in [5, 5.41) is 5.62. The van der Waals surface area contributed by atoms with Gasteiger partial charge in [-0.3, -0.25) is 0 Å². The number of hydrogen-bond donors (Lipinski definition) is 1. The van der Waals surface area contributed by atoms with Gasteiger partial charge in [-0.1, -0.05) is 36.4 Å². The fourth-order valence-electron chi connectivity index (χ4n) is 2.99. The monoisotopic (exact) mass is 406 g/mol. The summed E-state index contributed by atoms with van der Waals surface area (Å²) in [6.07, 6.45) is 5.12. The molecule has 0 bridgehead atoms. The van der Waals surface area contributed by atoms with Crippen molar-refractivity contribution < 1.29 is 13.3 Å². The number of hydrogen-bond acceptors (Lipinski definition) is 4. The van der Waals surface area contributed by atoms with Gasteiger partial charge in [0.05, 0.1) is 26.2 Å². The predicted octanol–water partition coefficient (Wildman–Crippen LogP) is 0.759. The molecule has 3 rings (SSSR count). The molecule has 27 heavy (non-hydrogen) atoms. The van der Waals surface area contributed by atoms with Crippen LogP contribution in [-0.4, -0.2) is 53.2 Å². The normalized spacial score (nSPS) is 16.7.